The normalized spacial score (nSPS) is 18.9. The largest absolute Gasteiger partial charge is 0.488 e. The van der Waals surface area contributed by atoms with Crippen molar-refractivity contribution < 1.29 is 31.5 Å². The maximum absolute atomic E-state index is 13.6. The highest BCUT2D eigenvalue weighted by atomic mass is 32.2. The summed E-state index contributed by atoms with van der Waals surface area (Å²) >= 11 is 1.07. The first-order valence-electron chi connectivity index (χ1n) is 12.7. The smallest absolute Gasteiger partial charge is 0.271 e. The van der Waals surface area contributed by atoms with Crippen molar-refractivity contribution in [2.75, 3.05) is 31.5 Å². The number of nitrogens with one attached hydrogen (secondary N) is 1. The van der Waals surface area contributed by atoms with Crippen LogP contribution >= 0.6 is 11.3 Å². The monoisotopic (exact) mass is 607 g/mol. The molecule has 0 fully saturated rings. The highest BCUT2D eigenvalue weighted by molar-refractivity contribution is 7.94. The highest BCUT2D eigenvalue weighted by Gasteiger charge is 2.35. The SMILES string of the molecule is Cc1ccc(S(=O)(=O)N(C)C[C@H]2Oc3ccc(NS(=O)(=O)c4cccs4)cc3C(=O)N([C@@H](C)CO)C[C@H]2C)cc1. The minimum absolute atomic E-state index is 0.000882. The summed E-state index contributed by atoms with van der Waals surface area (Å²) in [7, 11) is -6.19. The van der Waals surface area contributed by atoms with E-state index < -0.39 is 38.1 Å². The van der Waals surface area contributed by atoms with Gasteiger partial charge in [-0.3, -0.25) is 9.52 Å². The Morgan fingerprint density at radius 2 is 1.85 bits per heavy atom. The van der Waals surface area contributed by atoms with Crippen molar-refractivity contribution in [3.63, 3.8) is 0 Å². The molecule has 2 aromatic carbocycles. The third-order valence-electron chi connectivity index (χ3n) is 6.84. The van der Waals surface area contributed by atoms with Crippen LogP contribution in [0.15, 0.2) is 69.1 Å². The Kier molecular flexibility index (Phi) is 8.90. The van der Waals surface area contributed by atoms with Crippen molar-refractivity contribution in [1.29, 1.82) is 0 Å². The molecule has 0 unspecified atom stereocenters. The lowest BCUT2D eigenvalue weighted by atomic mass is 9.99. The number of ether oxygens (including phenoxy) is 1. The first kappa shape index (κ1) is 30.0. The number of aliphatic hydroxyl groups is 1. The minimum atomic E-state index is -3.86. The third kappa shape index (κ3) is 6.33. The van der Waals surface area contributed by atoms with E-state index in [-0.39, 0.29) is 51.7 Å². The minimum Gasteiger partial charge on any atom is -0.488 e. The van der Waals surface area contributed by atoms with Crippen molar-refractivity contribution in [2.45, 2.75) is 42.0 Å². The number of nitrogens with zero attached hydrogens (tertiary/aromatic N) is 2. The van der Waals surface area contributed by atoms with Gasteiger partial charge >= 0.3 is 0 Å². The van der Waals surface area contributed by atoms with Gasteiger partial charge in [0.25, 0.3) is 15.9 Å². The van der Waals surface area contributed by atoms with Crippen LogP contribution in [-0.4, -0.2) is 75.9 Å². The Morgan fingerprint density at radius 1 is 1.15 bits per heavy atom. The molecule has 0 aliphatic carbocycles. The van der Waals surface area contributed by atoms with Crippen LogP contribution in [0.1, 0.15) is 29.8 Å². The van der Waals surface area contributed by atoms with Crippen molar-refractivity contribution in [3.05, 3.63) is 71.1 Å². The molecule has 1 aromatic heterocycles. The molecule has 0 spiro atoms. The number of fused-ring (bicyclic) bond motifs is 1. The molecule has 1 aliphatic rings. The number of hydrogen-bond donors (Lipinski definition) is 2. The van der Waals surface area contributed by atoms with E-state index in [4.69, 9.17) is 4.74 Å². The molecule has 0 radical (unpaired) electrons. The number of amides is 1. The molecule has 10 nitrogen and oxygen atoms in total. The van der Waals surface area contributed by atoms with E-state index in [1.807, 2.05) is 13.8 Å². The summed E-state index contributed by atoms with van der Waals surface area (Å²) in [5, 5.41) is 11.5. The number of aryl methyl sites for hydroxylation is 1. The lowest BCUT2D eigenvalue weighted by Gasteiger charge is -2.38. The molecule has 1 amide bonds. The topological polar surface area (TPSA) is 133 Å². The van der Waals surface area contributed by atoms with Gasteiger partial charge in [-0.1, -0.05) is 30.7 Å². The molecule has 40 heavy (non-hydrogen) atoms. The number of carbonyl (C=O) groups is 1. The first-order chi connectivity index (χ1) is 18.8. The predicted octanol–water partition coefficient (Wildman–Crippen LogP) is 3.40. The molecule has 1 aliphatic heterocycles. The number of carbonyl (C=O) groups excluding carboxylic acids is 1. The fraction of sp³-hybridized carbons (Fsp3) is 0.370. The van der Waals surface area contributed by atoms with E-state index >= 15 is 0 Å². The van der Waals surface area contributed by atoms with Crippen LogP contribution in [-0.2, 0) is 20.0 Å². The number of hydrogen-bond acceptors (Lipinski definition) is 8. The molecule has 2 heterocycles. The molecule has 0 saturated heterocycles. The highest BCUT2D eigenvalue weighted by Crippen LogP contribution is 2.32. The number of thiophene rings is 1. The van der Waals surface area contributed by atoms with E-state index in [0.717, 1.165) is 16.9 Å². The number of likely N-dealkylation sites (N-methyl/N-ethyl adjacent to an activating group) is 1. The van der Waals surface area contributed by atoms with Gasteiger partial charge in [-0.25, -0.2) is 16.8 Å². The molecule has 2 N–H and O–H groups in total. The van der Waals surface area contributed by atoms with Crippen molar-refractivity contribution >= 4 is 43.0 Å². The standard InChI is InChI=1S/C27H33N3O7S3/c1-18-7-10-22(11-8-18)40(35,36)29(4)16-25-19(2)15-30(20(3)17-31)27(32)23-14-21(9-12-24(23)37-25)28-39(33,34)26-6-5-13-38-26/h5-14,19-20,25,28,31H,15-17H2,1-4H3/t19-,20+,25-/m1/s1. The van der Waals surface area contributed by atoms with Gasteiger partial charge < -0.3 is 14.7 Å². The number of aliphatic hydroxyl groups excluding tert-OH is 1. The molecule has 0 bridgehead atoms. The van der Waals surface area contributed by atoms with Gasteiger partial charge in [0.15, 0.2) is 0 Å². The quantitative estimate of drug-likeness (QED) is 0.381. The van der Waals surface area contributed by atoms with Crippen LogP contribution in [0.3, 0.4) is 0 Å². The van der Waals surface area contributed by atoms with E-state index in [2.05, 4.69) is 4.72 Å². The second kappa shape index (κ2) is 11.9. The summed E-state index contributed by atoms with van der Waals surface area (Å²) in [6.45, 7) is 5.34. The van der Waals surface area contributed by atoms with Crippen LogP contribution in [0.25, 0.3) is 0 Å². The second-order valence-corrected chi connectivity index (χ2v) is 14.9. The molecule has 4 rings (SSSR count). The fourth-order valence-electron chi connectivity index (χ4n) is 4.37. The van der Waals surface area contributed by atoms with Crippen molar-refractivity contribution in [1.82, 2.24) is 9.21 Å². The van der Waals surface area contributed by atoms with Gasteiger partial charge in [-0.05, 0) is 55.6 Å². The van der Waals surface area contributed by atoms with E-state index in [9.17, 15) is 26.7 Å². The second-order valence-electron chi connectivity index (χ2n) is 9.97. The van der Waals surface area contributed by atoms with Crippen LogP contribution in [0.4, 0.5) is 5.69 Å². The van der Waals surface area contributed by atoms with Gasteiger partial charge in [0.05, 0.1) is 29.7 Å². The van der Waals surface area contributed by atoms with Gasteiger partial charge in [0.2, 0.25) is 10.0 Å². The van der Waals surface area contributed by atoms with Crippen molar-refractivity contribution in [2.24, 2.45) is 5.92 Å². The van der Waals surface area contributed by atoms with Crippen LogP contribution in [0.2, 0.25) is 0 Å². The zero-order chi connectivity index (χ0) is 29.2. The number of rotatable bonds is 9. The predicted molar refractivity (Wildman–Crippen MR) is 154 cm³/mol. The molecule has 3 atom stereocenters. The van der Waals surface area contributed by atoms with Crippen LogP contribution in [0.5, 0.6) is 5.75 Å². The average molecular weight is 608 g/mol. The summed E-state index contributed by atoms with van der Waals surface area (Å²) in [5.74, 6) is -0.546. The van der Waals surface area contributed by atoms with Gasteiger partial charge in [-0.15, -0.1) is 11.3 Å². The van der Waals surface area contributed by atoms with Crippen LogP contribution in [0, 0.1) is 12.8 Å². The van der Waals surface area contributed by atoms with Gasteiger partial charge in [0.1, 0.15) is 16.1 Å². The van der Waals surface area contributed by atoms with Gasteiger partial charge in [0, 0.05) is 25.2 Å². The van der Waals surface area contributed by atoms with Crippen molar-refractivity contribution in [3.8, 4) is 5.75 Å². The fourth-order valence-corrected chi connectivity index (χ4v) is 7.59. The Bertz CT molecular complexity index is 1560. The Morgan fingerprint density at radius 3 is 2.48 bits per heavy atom. The Hall–Kier alpha value is -2.97. The summed E-state index contributed by atoms with van der Waals surface area (Å²) in [6.07, 6.45) is -0.654. The lowest BCUT2D eigenvalue weighted by Crippen LogP contribution is -2.50. The summed E-state index contributed by atoms with van der Waals surface area (Å²) < 4.78 is 62.2. The van der Waals surface area contributed by atoms with E-state index in [1.54, 1.807) is 42.6 Å². The summed E-state index contributed by atoms with van der Waals surface area (Å²) in [6, 6.07) is 13.5. The maximum atomic E-state index is 13.6. The molecule has 13 heteroatoms. The first-order valence-corrected chi connectivity index (χ1v) is 16.5. The number of anilines is 1. The maximum Gasteiger partial charge on any atom is 0.271 e. The summed E-state index contributed by atoms with van der Waals surface area (Å²) in [5.41, 5.74) is 1.22. The zero-order valence-corrected chi connectivity index (χ0v) is 25.1. The molecular formula is C27H33N3O7S3. The molecule has 216 valence electrons. The Balaban J connectivity index is 1.68. The van der Waals surface area contributed by atoms with Gasteiger partial charge in [-0.2, -0.15) is 4.31 Å². The zero-order valence-electron chi connectivity index (χ0n) is 22.6. The molecule has 0 saturated carbocycles. The lowest BCUT2D eigenvalue weighted by molar-refractivity contribution is 0.0387. The third-order valence-corrected chi connectivity index (χ3v) is 11.5. The Labute approximate surface area is 239 Å². The van der Waals surface area contributed by atoms with Crippen LogP contribution < -0.4 is 9.46 Å². The number of sulfonamides is 2. The molecular weight excluding hydrogens is 575 g/mol. The number of benzene rings is 2. The van der Waals surface area contributed by atoms with E-state index in [1.165, 1.54) is 40.5 Å². The van der Waals surface area contributed by atoms with E-state index in [0.29, 0.717) is 0 Å². The average Bonchev–Trinajstić information content (AvgIpc) is 3.47. The summed E-state index contributed by atoms with van der Waals surface area (Å²) in [4.78, 5) is 15.3. The molecule has 3 aromatic rings.